The first-order valence-electron chi connectivity index (χ1n) is 12.3. The van der Waals surface area contributed by atoms with E-state index in [-0.39, 0.29) is 17.9 Å². The molecule has 12 heteroatoms. The Morgan fingerprint density at radius 1 is 1.08 bits per heavy atom. The van der Waals surface area contributed by atoms with Gasteiger partial charge in [0.1, 0.15) is 11.5 Å². The van der Waals surface area contributed by atoms with Gasteiger partial charge in [-0.15, -0.1) is 0 Å². The number of hydrogen-bond donors (Lipinski definition) is 3. The van der Waals surface area contributed by atoms with Crippen molar-refractivity contribution in [3.8, 4) is 5.69 Å². The van der Waals surface area contributed by atoms with Gasteiger partial charge in [-0.25, -0.2) is 9.48 Å². The molecule has 1 saturated heterocycles. The largest absolute Gasteiger partial charge is 0.465 e. The second kappa shape index (κ2) is 10.4. The maximum absolute atomic E-state index is 13.6. The van der Waals surface area contributed by atoms with Crippen LogP contribution >= 0.6 is 0 Å². The lowest BCUT2D eigenvalue weighted by molar-refractivity contribution is -0.141. The fourth-order valence-electron chi connectivity index (χ4n) is 4.32. The van der Waals surface area contributed by atoms with E-state index in [9.17, 15) is 27.9 Å². The molecule has 2 heterocycles. The Bertz CT molecular complexity index is 1390. The maximum Gasteiger partial charge on any atom is 0.435 e. The highest BCUT2D eigenvalue weighted by Gasteiger charge is 2.36. The Morgan fingerprint density at radius 3 is 2.33 bits per heavy atom. The molecular formula is C27H29F3N6O3. The summed E-state index contributed by atoms with van der Waals surface area (Å²) < 4.78 is 41.6. The predicted molar refractivity (Wildman–Crippen MR) is 141 cm³/mol. The third-order valence-corrected chi connectivity index (χ3v) is 6.33. The van der Waals surface area contributed by atoms with Crippen molar-refractivity contribution in [2.45, 2.75) is 51.9 Å². The molecule has 1 fully saturated rings. The Kier molecular flexibility index (Phi) is 7.40. The van der Waals surface area contributed by atoms with Gasteiger partial charge in [-0.1, -0.05) is 12.1 Å². The van der Waals surface area contributed by atoms with Gasteiger partial charge in [0, 0.05) is 42.5 Å². The molecule has 2 aromatic carbocycles. The summed E-state index contributed by atoms with van der Waals surface area (Å²) in [5.41, 5.74) is -0.432. The molecule has 0 radical (unpaired) electrons. The number of carbonyl (C=O) groups excluding carboxylic acids is 1. The molecule has 0 saturated carbocycles. The van der Waals surface area contributed by atoms with E-state index in [4.69, 9.17) is 5.41 Å². The standard InChI is InChI=1S/C27H29F3N6O3/c1-26(2,3)35(25(38)39)16-17-6-4-7-20(14-17)36-21(15-22(33-36)27(28,29)30)24(37)32-18-9-11-19(12-10-18)34-13-5-8-23(34)31/h4,6-7,9-12,14-15,31H,5,8,13,16H2,1-3H3,(H,32,37)(H,38,39). The average molecular weight is 543 g/mol. The first-order chi connectivity index (χ1) is 18.2. The van der Waals surface area contributed by atoms with Crippen LogP contribution in [0.5, 0.6) is 0 Å². The molecule has 4 rings (SSSR count). The first kappa shape index (κ1) is 27.7. The van der Waals surface area contributed by atoms with Gasteiger partial charge in [-0.05, 0) is 69.2 Å². The van der Waals surface area contributed by atoms with Gasteiger partial charge < -0.3 is 15.3 Å². The minimum atomic E-state index is -4.79. The zero-order valence-electron chi connectivity index (χ0n) is 21.7. The molecule has 0 bridgehead atoms. The summed E-state index contributed by atoms with van der Waals surface area (Å²) in [5.74, 6) is -0.293. The zero-order chi connectivity index (χ0) is 28.5. The minimum Gasteiger partial charge on any atom is -0.465 e. The van der Waals surface area contributed by atoms with E-state index in [0.29, 0.717) is 29.6 Å². The lowest BCUT2D eigenvalue weighted by Gasteiger charge is -2.33. The van der Waals surface area contributed by atoms with Crippen LogP contribution in [0.15, 0.2) is 54.6 Å². The number of hydrogen-bond acceptors (Lipinski definition) is 4. The normalized spacial score (nSPS) is 14.0. The van der Waals surface area contributed by atoms with Crippen molar-refractivity contribution < 1.29 is 27.9 Å². The number of aromatic nitrogens is 2. The smallest absolute Gasteiger partial charge is 0.435 e. The van der Waals surface area contributed by atoms with Gasteiger partial charge in [0.05, 0.1) is 5.69 Å². The number of amidine groups is 1. The Morgan fingerprint density at radius 2 is 1.77 bits per heavy atom. The predicted octanol–water partition coefficient (Wildman–Crippen LogP) is 6.00. The maximum atomic E-state index is 13.6. The summed E-state index contributed by atoms with van der Waals surface area (Å²) in [6, 6.07) is 13.6. The highest BCUT2D eigenvalue weighted by molar-refractivity contribution is 6.04. The average Bonchev–Trinajstić information content (AvgIpc) is 3.49. The number of benzene rings is 2. The van der Waals surface area contributed by atoms with Crippen molar-refractivity contribution in [1.29, 1.82) is 5.41 Å². The van der Waals surface area contributed by atoms with Crippen LogP contribution in [-0.4, -0.2) is 49.7 Å². The van der Waals surface area contributed by atoms with Crippen molar-refractivity contribution in [3.63, 3.8) is 0 Å². The van der Waals surface area contributed by atoms with Crippen LogP contribution in [0.4, 0.5) is 29.3 Å². The van der Waals surface area contributed by atoms with Crippen LogP contribution < -0.4 is 10.2 Å². The van der Waals surface area contributed by atoms with Crippen molar-refractivity contribution in [1.82, 2.24) is 14.7 Å². The molecular weight excluding hydrogens is 513 g/mol. The van der Waals surface area contributed by atoms with Crippen LogP contribution in [0, 0.1) is 5.41 Å². The molecule has 2 amide bonds. The molecule has 1 aromatic heterocycles. The minimum absolute atomic E-state index is 0.0115. The van der Waals surface area contributed by atoms with E-state index in [2.05, 4.69) is 10.4 Å². The second-order valence-electron chi connectivity index (χ2n) is 10.2. The van der Waals surface area contributed by atoms with Crippen molar-refractivity contribution >= 4 is 29.2 Å². The van der Waals surface area contributed by atoms with Crippen molar-refractivity contribution in [2.24, 2.45) is 0 Å². The molecule has 206 valence electrons. The summed E-state index contributed by atoms with van der Waals surface area (Å²) >= 11 is 0. The fourth-order valence-corrected chi connectivity index (χ4v) is 4.32. The monoisotopic (exact) mass is 542 g/mol. The molecule has 1 aliphatic heterocycles. The van der Waals surface area contributed by atoms with Gasteiger partial charge in [0.2, 0.25) is 0 Å². The number of halogens is 3. The van der Waals surface area contributed by atoms with Gasteiger partial charge in [0.25, 0.3) is 5.91 Å². The number of carboxylic acid groups (broad SMARTS) is 1. The number of anilines is 2. The number of rotatable bonds is 6. The SMILES string of the molecule is CC(C)(C)N(Cc1cccc(-n2nc(C(F)(F)F)cc2C(=O)Nc2ccc(N3CCCC3=N)cc2)c1)C(=O)O. The number of amides is 2. The highest BCUT2D eigenvalue weighted by Crippen LogP contribution is 2.31. The fraction of sp³-hybridized carbons (Fsp3) is 0.333. The first-order valence-corrected chi connectivity index (χ1v) is 12.3. The molecule has 0 spiro atoms. The van der Waals surface area contributed by atoms with Crippen molar-refractivity contribution in [2.75, 3.05) is 16.8 Å². The van der Waals surface area contributed by atoms with E-state index in [0.717, 1.165) is 23.3 Å². The van der Waals surface area contributed by atoms with Crippen LogP contribution in [0.25, 0.3) is 5.69 Å². The number of nitrogens with zero attached hydrogens (tertiary/aromatic N) is 4. The lowest BCUT2D eigenvalue weighted by atomic mass is 10.1. The van der Waals surface area contributed by atoms with Crippen LogP contribution in [0.1, 0.15) is 55.4 Å². The number of carbonyl (C=O) groups is 2. The Labute approximate surface area is 223 Å². The molecule has 1 aliphatic rings. The topological polar surface area (TPSA) is 115 Å². The molecule has 3 N–H and O–H groups in total. The molecule has 0 aliphatic carbocycles. The van der Waals surface area contributed by atoms with Crippen LogP contribution in [0.2, 0.25) is 0 Å². The molecule has 39 heavy (non-hydrogen) atoms. The summed E-state index contributed by atoms with van der Waals surface area (Å²) in [6.07, 6.45) is -4.35. The van der Waals surface area contributed by atoms with Gasteiger partial charge >= 0.3 is 12.3 Å². The van der Waals surface area contributed by atoms with Crippen molar-refractivity contribution in [3.05, 3.63) is 71.5 Å². The van der Waals surface area contributed by atoms with Crippen LogP contribution in [0.3, 0.4) is 0 Å². The van der Waals surface area contributed by atoms with E-state index >= 15 is 0 Å². The van der Waals surface area contributed by atoms with E-state index < -0.39 is 29.4 Å². The second-order valence-corrected chi connectivity index (χ2v) is 10.2. The summed E-state index contributed by atoms with van der Waals surface area (Å²) in [5, 5.41) is 23.9. The molecule has 9 nitrogen and oxygen atoms in total. The summed E-state index contributed by atoms with van der Waals surface area (Å²) in [6.45, 7) is 5.92. The highest BCUT2D eigenvalue weighted by atomic mass is 19.4. The zero-order valence-corrected chi connectivity index (χ0v) is 21.7. The Balaban J connectivity index is 1.63. The Hall–Kier alpha value is -4.35. The van der Waals surface area contributed by atoms with E-state index in [1.54, 1.807) is 57.2 Å². The van der Waals surface area contributed by atoms with Gasteiger partial charge in [-0.3, -0.25) is 15.1 Å². The third kappa shape index (κ3) is 6.21. The lowest BCUT2D eigenvalue weighted by Crippen LogP contribution is -2.44. The van der Waals surface area contributed by atoms with E-state index in [1.165, 1.54) is 17.0 Å². The third-order valence-electron chi connectivity index (χ3n) is 6.33. The molecule has 0 atom stereocenters. The molecule has 0 unspecified atom stereocenters. The van der Waals surface area contributed by atoms with Gasteiger partial charge in [0.15, 0.2) is 5.69 Å². The van der Waals surface area contributed by atoms with Gasteiger partial charge in [-0.2, -0.15) is 18.3 Å². The molecule has 3 aromatic rings. The number of alkyl halides is 3. The van der Waals surface area contributed by atoms with Crippen LogP contribution in [-0.2, 0) is 12.7 Å². The quantitative estimate of drug-likeness (QED) is 0.354. The van der Waals surface area contributed by atoms with E-state index in [1.807, 2.05) is 4.90 Å². The summed E-state index contributed by atoms with van der Waals surface area (Å²) in [4.78, 5) is 28.0. The number of nitrogens with one attached hydrogen (secondary N) is 2. The summed E-state index contributed by atoms with van der Waals surface area (Å²) in [7, 11) is 0.